The van der Waals surface area contributed by atoms with Crippen molar-refractivity contribution >= 4 is 101 Å². The van der Waals surface area contributed by atoms with E-state index in [0.29, 0.717) is 0 Å². The van der Waals surface area contributed by atoms with E-state index in [1.165, 1.54) is 77.1 Å². The lowest BCUT2D eigenvalue weighted by molar-refractivity contribution is 1.16. The summed E-state index contributed by atoms with van der Waals surface area (Å²) in [5.74, 6) is 0. The van der Waals surface area contributed by atoms with Gasteiger partial charge in [-0.3, -0.25) is 0 Å². The maximum absolute atomic E-state index is 2.62. The van der Waals surface area contributed by atoms with Crippen molar-refractivity contribution in [1.29, 1.82) is 0 Å². The van der Waals surface area contributed by atoms with E-state index in [9.17, 15) is 0 Å². The zero-order chi connectivity index (χ0) is 38.6. The van der Waals surface area contributed by atoms with Crippen molar-refractivity contribution < 1.29 is 0 Å². The van der Waals surface area contributed by atoms with Crippen molar-refractivity contribution in [3.05, 3.63) is 212 Å². The second-order valence-corrected chi connectivity index (χ2v) is 15.7. The molecule has 2 aliphatic rings. The van der Waals surface area contributed by atoms with Gasteiger partial charge in [-0.1, -0.05) is 133 Å². The third-order valence-corrected chi connectivity index (χ3v) is 12.6. The van der Waals surface area contributed by atoms with Gasteiger partial charge in [0.15, 0.2) is 0 Å². The summed E-state index contributed by atoms with van der Waals surface area (Å²) in [6, 6.07) is 77.8. The van der Waals surface area contributed by atoms with Gasteiger partial charge in [-0.2, -0.15) is 0 Å². The fourth-order valence-corrected chi connectivity index (χ4v) is 10.4. The summed E-state index contributed by atoms with van der Waals surface area (Å²) in [4.78, 5) is 4.96. The van der Waals surface area contributed by atoms with Crippen LogP contribution >= 0.6 is 0 Å². The summed E-state index contributed by atoms with van der Waals surface area (Å²) in [7, 11) is 0. The molecule has 0 unspecified atom stereocenters. The molecule has 0 fully saturated rings. The average molecular weight is 751 g/mol. The van der Waals surface area contributed by atoms with Crippen molar-refractivity contribution in [2.45, 2.75) is 0 Å². The van der Waals surface area contributed by atoms with E-state index < -0.39 is 0 Å². The second-order valence-electron chi connectivity index (χ2n) is 15.7. The van der Waals surface area contributed by atoms with E-state index in [4.69, 9.17) is 0 Å². The van der Waals surface area contributed by atoms with Crippen LogP contribution < -0.4 is 26.2 Å². The molecule has 274 valence electrons. The summed E-state index contributed by atoms with van der Waals surface area (Å²) in [6.07, 6.45) is 0. The summed E-state index contributed by atoms with van der Waals surface area (Å²) in [6.45, 7) is 0.00572. The summed E-state index contributed by atoms with van der Waals surface area (Å²) < 4.78 is 5.06. The topological polar surface area (TPSA) is 16.3 Å². The van der Waals surface area contributed by atoms with Crippen LogP contribution in [-0.2, 0) is 0 Å². The molecule has 0 atom stereocenters. The Morgan fingerprint density at radius 3 is 1.71 bits per heavy atom. The molecule has 0 radical (unpaired) electrons. The van der Waals surface area contributed by atoms with Crippen molar-refractivity contribution in [2.75, 3.05) is 9.80 Å². The molecule has 4 heterocycles. The molecule has 0 aliphatic carbocycles. The van der Waals surface area contributed by atoms with Gasteiger partial charge in [-0.15, -0.1) is 0 Å². The first-order valence-electron chi connectivity index (χ1n) is 20.4. The summed E-state index contributed by atoms with van der Waals surface area (Å²) in [5, 5.41) is 5.07. The Hall–Kier alpha value is -7.76. The van der Waals surface area contributed by atoms with Crippen LogP contribution in [0.2, 0.25) is 0 Å². The van der Waals surface area contributed by atoms with Crippen LogP contribution in [0.15, 0.2) is 212 Å². The molecule has 0 saturated carbocycles. The quantitative estimate of drug-likeness (QED) is 0.163. The Morgan fingerprint density at radius 2 is 0.966 bits per heavy atom. The summed E-state index contributed by atoms with van der Waals surface area (Å²) in [5.41, 5.74) is 18.1. The molecule has 0 N–H and O–H groups in total. The van der Waals surface area contributed by atoms with Crippen LogP contribution in [0.3, 0.4) is 0 Å². The molecule has 0 bridgehead atoms. The van der Waals surface area contributed by atoms with Crippen molar-refractivity contribution in [3.63, 3.8) is 0 Å². The van der Waals surface area contributed by atoms with E-state index in [1.54, 1.807) is 0 Å². The number of para-hydroxylation sites is 7. The van der Waals surface area contributed by atoms with Crippen LogP contribution in [0.4, 0.5) is 34.1 Å². The fraction of sp³-hybridized carbons (Fsp3) is 0. The normalized spacial score (nSPS) is 12.7. The van der Waals surface area contributed by atoms with Crippen molar-refractivity contribution in [1.82, 2.24) is 9.13 Å². The Labute approximate surface area is 342 Å². The van der Waals surface area contributed by atoms with Crippen molar-refractivity contribution in [3.8, 4) is 11.4 Å². The Bertz CT molecular complexity index is 3410. The van der Waals surface area contributed by atoms with Crippen LogP contribution in [0.5, 0.6) is 0 Å². The molecule has 0 spiro atoms. The van der Waals surface area contributed by atoms with Gasteiger partial charge >= 0.3 is 0 Å². The fourth-order valence-electron chi connectivity index (χ4n) is 10.4. The molecule has 0 amide bonds. The van der Waals surface area contributed by atoms with Gasteiger partial charge in [0.2, 0.25) is 0 Å². The minimum Gasteiger partial charge on any atom is -0.309 e. The largest absolute Gasteiger partial charge is 0.309 e. The van der Waals surface area contributed by atoms with Crippen LogP contribution in [0.1, 0.15) is 0 Å². The number of hydrogen-bond acceptors (Lipinski definition) is 2. The highest BCUT2D eigenvalue weighted by Crippen LogP contribution is 2.50. The molecule has 13 rings (SSSR count). The first-order chi connectivity index (χ1) is 29.3. The molecule has 0 saturated heterocycles. The standard InChI is InChI=1S/C54H35BN4/c1-5-18-36(19-6-1)56(37-20-7-2-8-21-37)49-35-34-48-51-54(49)58(39-24-11-4-12-25-39)46-31-16-14-28-43(46)55(51)44-29-17-27-40-41-32-33-47-50(53(41)59(48)52(40)44)42-26-13-15-30-45(42)57(47)38-22-9-3-10-23-38/h1-35H. The van der Waals surface area contributed by atoms with Gasteiger partial charge in [0.05, 0.1) is 27.9 Å². The smallest absolute Gasteiger partial charge is 0.252 e. The first-order valence-corrected chi connectivity index (χ1v) is 20.4. The van der Waals surface area contributed by atoms with E-state index >= 15 is 0 Å². The van der Waals surface area contributed by atoms with E-state index in [0.717, 1.165) is 28.4 Å². The predicted molar refractivity (Wildman–Crippen MR) is 249 cm³/mol. The second kappa shape index (κ2) is 12.4. The first kappa shape index (κ1) is 32.3. The average Bonchev–Trinajstić information content (AvgIpc) is 3.83. The van der Waals surface area contributed by atoms with Crippen molar-refractivity contribution in [2.24, 2.45) is 0 Å². The Kier molecular flexibility index (Phi) is 6.78. The van der Waals surface area contributed by atoms with E-state index in [2.05, 4.69) is 231 Å². The van der Waals surface area contributed by atoms with E-state index in [1.807, 2.05) is 0 Å². The number of anilines is 6. The Balaban J connectivity index is 1.23. The number of nitrogens with zero attached hydrogens (tertiary/aromatic N) is 4. The number of aromatic nitrogens is 2. The lowest BCUT2D eigenvalue weighted by Crippen LogP contribution is -2.60. The Morgan fingerprint density at radius 1 is 0.373 bits per heavy atom. The van der Waals surface area contributed by atoms with Crippen LogP contribution in [0.25, 0.3) is 55.0 Å². The minimum absolute atomic E-state index is 0.00572. The molecule has 11 aromatic rings. The lowest BCUT2D eigenvalue weighted by Gasteiger charge is -2.43. The zero-order valence-electron chi connectivity index (χ0n) is 32.1. The van der Waals surface area contributed by atoms with Gasteiger partial charge in [0.25, 0.3) is 6.71 Å². The molecule has 4 nitrogen and oxygen atoms in total. The third-order valence-electron chi connectivity index (χ3n) is 12.6. The van der Waals surface area contributed by atoms with E-state index in [-0.39, 0.29) is 6.71 Å². The minimum atomic E-state index is 0.00572. The predicted octanol–water partition coefficient (Wildman–Crippen LogP) is 12.0. The van der Waals surface area contributed by atoms with Gasteiger partial charge in [0.1, 0.15) is 0 Å². The molecular formula is C54H35BN4. The molecule has 9 aromatic carbocycles. The van der Waals surface area contributed by atoms with Gasteiger partial charge in [-0.25, -0.2) is 0 Å². The molecule has 5 heteroatoms. The highest BCUT2D eigenvalue weighted by atomic mass is 15.2. The van der Waals surface area contributed by atoms with Gasteiger partial charge in [-0.05, 0) is 95.3 Å². The number of benzene rings is 9. The van der Waals surface area contributed by atoms with Gasteiger partial charge in [0, 0.05) is 61.2 Å². The summed E-state index contributed by atoms with van der Waals surface area (Å²) >= 11 is 0. The molecular weight excluding hydrogens is 715 g/mol. The molecule has 59 heavy (non-hydrogen) atoms. The lowest BCUT2D eigenvalue weighted by atomic mass is 9.33. The van der Waals surface area contributed by atoms with Gasteiger partial charge < -0.3 is 18.9 Å². The maximum Gasteiger partial charge on any atom is 0.252 e. The third kappa shape index (κ3) is 4.44. The number of hydrogen-bond donors (Lipinski definition) is 0. The maximum atomic E-state index is 2.62. The monoisotopic (exact) mass is 750 g/mol. The SMILES string of the molecule is c1ccc(N(c2ccccc2)c2ccc3c4c2N(c2ccccc2)c2ccccc2B4c2cccc4c5ccc6c(c7ccccc7n6-c6ccccc6)c5n-3c24)cc1. The molecule has 2 aliphatic heterocycles. The van der Waals surface area contributed by atoms with Crippen LogP contribution in [0, 0.1) is 0 Å². The number of rotatable bonds is 5. The highest BCUT2D eigenvalue weighted by molar-refractivity contribution is 7.00. The van der Waals surface area contributed by atoms with Crippen LogP contribution in [-0.4, -0.2) is 15.8 Å². The molecule has 2 aromatic heterocycles. The zero-order valence-corrected chi connectivity index (χ0v) is 32.1. The highest BCUT2D eigenvalue weighted by Gasteiger charge is 2.44. The number of fused-ring (bicyclic) bond motifs is 11.